The van der Waals surface area contributed by atoms with Gasteiger partial charge in [-0.2, -0.15) is 0 Å². The first kappa shape index (κ1) is 12.9. The molecule has 3 heteroatoms. The highest BCUT2D eigenvalue weighted by molar-refractivity contribution is 9.09. The van der Waals surface area contributed by atoms with Crippen LogP contribution in [0.3, 0.4) is 0 Å². The minimum Gasteiger partial charge on any atom is -0.361 e. The second-order valence-corrected chi connectivity index (χ2v) is 5.49. The van der Waals surface area contributed by atoms with Gasteiger partial charge in [-0.15, -0.1) is 0 Å². The zero-order valence-electron chi connectivity index (χ0n) is 10.6. The molecule has 1 aromatic rings. The highest BCUT2D eigenvalue weighted by Crippen LogP contribution is 2.32. The zero-order valence-corrected chi connectivity index (χ0v) is 12.2. The summed E-state index contributed by atoms with van der Waals surface area (Å²) < 4.78 is 5.22. The number of rotatable bonds is 3. The second kappa shape index (κ2) is 5.85. The molecule has 1 heterocycles. The van der Waals surface area contributed by atoms with Gasteiger partial charge in [0.2, 0.25) is 0 Å². The summed E-state index contributed by atoms with van der Waals surface area (Å²) in [6.07, 6.45) is 9.10. The third kappa shape index (κ3) is 3.01. The van der Waals surface area contributed by atoms with E-state index in [0.717, 1.165) is 22.7 Å². The van der Waals surface area contributed by atoms with Crippen molar-refractivity contribution in [3.63, 3.8) is 0 Å². The molecule has 1 aromatic heterocycles. The Bertz CT molecular complexity index is 383. The third-order valence-electron chi connectivity index (χ3n) is 3.70. The van der Waals surface area contributed by atoms with E-state index in [0.29, 0.717) is 0 Å². The first-order valence-electron chi connectivity index (χ1n) is 6.41. The molecule has 1 aliphatic rings. The predicted molar refractivity (Wildman–Crippen MR) is 74.3 cm³/mol. The summed E-state index contributed by atoms with van der Waals surface area (Å²) in [7, 11) is 0. The normalized spacial score (nSPS) is 18.6. The van der Waals surface area contributed by atoms with Crippen LogP contribution in [0, 0.1) is 19.8 Å². The summed E-state index contributed by atoms with van der Waals surface area (Å²) in [6.45, 7) is 3.99. The molecule has 2 nitrogen and oxygen atoms in total. The smallest absolute Gasteiger partial charge is 0.141 e. The molecule has 17 heavy (non-hydrogen) atoms. The van der Waals surface area contributed by atoms with Gasteiger partial charge in [0.05, 0.1) is 5.69 Å². The topological polar surface area (TPSA) is 26.0 Å². The van der Waals surface area contributed by atoms with E-state index in [1.54, 1.807) is 0 Å². The van der Waals surface area contributed by atoms with E-state index < -0.39 is 0 Å². The van der Waals surface area contributed by atoms with Gasteiger partial charge in [0, 0.05) is 10.9 Å². The van der Waals surface area contributed by atoms with Crippen LogP contribution >= 0.6 is 15.9 Å². The maximum atomic E-state index is 5.22. The molecule has 0 saturated heterocycles. The van der Waals surface area contributed by atoms with Gasteiger partial charge in [0.1, 0.15) is 5.76 Å². The number of halogens is 1. The molecule has 0 spiro atoms. The van der Waals surface area contributed by atoms with Crippen LogP contribution in [-0.2, 0) is 0 Å². The third-order valence-corrected chi connectivity index (χ3v) is 4.35. The van der Waals surface area contributed by atoms with E-state index in [2.05, 4.69) is 27.2 Å². The molecule has 0 amide bonds. The number of aromatic nitrogens is 1. The van der Waals surface area contributed by atoms with Gasteiger partial charge < -0.3 is 4.52 Å². The maximum Gasteiger partial charge on any atom is 0.141 e. The molecule has 1 fully saturated rings. The lowest BCUT2D eigenvalue weighted by Gasteiger charge is -2.23. The van der Waals surface area contributed by atoms with E-state index in [4.69, 9.17) is 4.52 Å². The molecule has 0 aliphatic heterocycles. The monoisotopic (exact) mass is 297 g/mol. The molecular weight excluding hydrogens is 278 g/mol. The van der Waals surface area contributed by atoms with Crippen molar-refractivity contribution in [2.75, 3.05) is 5.33 Å². The number of aryl methyl sites for hydroxylation is 2. The van der Waals surface area contributed by atoms with Crippen molar-refractivity contribution >= 4 is 22.0 Å². The van der Waals surface area contributed by atoms with Gasteiger partial charge in [0.15, 0.2) is 0 Å². The maximum absolute atomic E-state index is 5.22. The van der Waals surface area contributed by atoms with Crippen molar-refractivity contribution in [2.24, 2.45) is 5.92 Å². The van der Waals surface area contributed by atoms with Crippen LogP contribution in [0.2, 0.25) is 0 Å². The summed E-state index contributed by atoms with van der Waals surface area (Å²) in [5.74, 6) is 1.67. The van der Waals surface area contributed by atoms with Crippen molar-refractivity contribution in [3.05, 3.63) is 22.6 Å². The molecular formula is C14H20BrNO. The molecule has 0 unspecified atom stereocenters. The average molecular weight is 298 g/mol. The van der Waals surface area contributed by atoms with Crippen LogP contribution in [0.4, 0.5) is 0 Å². The lowest BCUT2D eigenvalue weighted by atomic mass is 9.83. The number of alkyl halides is 1. The summed E-state index contributed by atoms with van der Waals surface area (Å²) in [5.41, 5.74) is 3.67. The van der Waals surface area contributed by atoms with Crippen LogP contribution in [0.25, 0.3) is 6.08 Å². The predicted octanol–water partition coefficient (Wildman–Crippen LogP) is 4.65. The minimum atomic E-state index is 0.747. The standard InChI is InChI=1S/C14H20BrNO/c1-10-14(11(2)17-16-10)8-13(9-15)12-6-4-3-5-7-12/h8,12H,3-7,9H2,1-2H3. The van der Waals surface area contributed by atoms with Crippen molar-refractivity contribution < 1.29 is 4.52 Å². The van der Waals surface area contributed by atoms with Gasteiger partial charge >= 0.3 is 0 Å². The molecule has 0 aromatic carbocycles. The molecule has 94 valence electrons. The molecule has 0 bridgehead atoms. The molecule has 0 N–H and O–H groups in total. The highest BCUT2D eigenvalue weighted by Gasteiger charge is 2.18. The van der Waals surface area contributed by atoms with Crippen molar-refractivity contribution in [2.45, 2.75) is 46.0 Å². The fraction of sp³-hybridized carbons (Fsp3) is 0.643. The molecule has 0 atom stereocenters. The Balaban J connectivity index is 2.22. The van der Waals surface area contributed by atoms with E-state index in [1.807, 2.05) is 13.8 Å². The van der Waals surface area contributed by atoms with Crippen molar-refractivity contribution in [3.8, 4) is 0 Å². The summed E-state index contributed by atoms with van der Waals surface area (Å²) >= 11 is 3.63. The Morgan fingerprint density at radius 1 is 1.35 bits per heavy atom. The average Bonchev–Trinajstić information content (AvgIpc) is 2.68. The molecule has 1 aliphatic carbocycles. The fourth-order valence-electron chi connectivity index (χ4n) is 2.62. The van der Waals surface area contributed by atoms with Crippen LogP contribution in [0.15, 0.2) is 10.1 Å². The Hall–Kier alpha value is -0.570. The van der Waals surface area contributed by atoms with Gasteiger partial charge in [-0.1, -0.05) is 45.9 Å². The highest BCUT2D eigenvalue weighted by atomic mass is 79.9. The van der Waals surface area contributed by atoms with Crippen LogP contribution in [-0.4, -0.2) is 10.5 Å². The summed E-state index contributed by atoms with van der Waals surface area (Å²) in [5, 5.41) is 4.97. The lowest BCUT2D eigenvalue weighted by Crippen LogP contribution is -2.10. The largest absolute Gasteiger partial charge is 0.361 e. The number of allylic oxidation sites excluding steroid dienone is 1. The Labute approximate surface area is 112 Å². The van der Waals surface area contributed by atoms with Crippen LogP contribution in [0.5, 0.6) is 0 Å². The van der Waals surface area contributed by atoms with Crippen LogP contribution in [0.1, 0.15) is 49.1 Å². The van der Waals surface area contributed by atoms with E-state index in [1.165, 1.54) is 43.2 Å². The fourth-order valence-corrected chi connectivity index (χ4v) is 3.24. The van der Waals surface area contributed by atoms with E-state index in [-0.39, 0.29) is 0 Å². The second-order valence-electron chi connectivity index (χ2n) is 4.93. The Morgan fingerprint density at radius 3 is 2.59 bits per heavy atom. The Morgan fingerprint density at radius 2 is 2.06 bits per heavy atom. The SMILES string of the molecule is Cc1noc(C)c1C=C(CBr)C1CCCCC1. The Kier molecular flexibility index (Phi) is 4.43. The number of nitrogens with zero attached hydrogens (tertiary/aromatic N) is 1. The zero-order chi connectivity index (χ0) is 12.3. The lowest BCUT2D eigenvalue weighted by molar-refractivity contribution is 0.393. The van der Waals surface area contributed by atoms with Gasteiger partial charge in [-0.05, 0) is 38.7 Å². The molecule has 0 radical (unpaired) electrons. The van der Waals surface area contributed by atoms with Gasteiger partial charge in [0.25, 0.3) is 0 Å². The number of hydrogen-bond donors (Lipinski definition) is 0. The number of hydrogen-bond acceptors (Lipinski definition) is 2. The van der Waals surface area contributed by atoms with Gasteiger partial charge in [-0.25, -0.2) is 0 Å². The van der Waals surface area contributed by atoms with Crippen molar-refractivity contribution in [1.29, 1.82) is 0 Å². The quantitative estimate of drug-likeness (QED) is 0.759. The minimum absolute atomic E-state index is 0.747. The summed E-state index contributed by atoms with van der Waals surface area (Å²) in [4.78, 5) is 0. The van der Waals surface area contributed by atoms with Crippen molar-refractivity contribution in [1.82, 2.24) is 5.16 Å². The van der Waals surface area contributed by atoms with Gasteiger partial charge in [-0.3, -0.25) is 0 Å². The van der Waals surface area contributed by atoms with E-state index in [9.17, 15) is 0 Å². The van der Waals surface area contributed by atoms with Crippen LogP contribution < -0.4 is 0 Å². The molecule has 2 rings (SSSR count). The summed E-state index contributed by atoms with van der Waals surface area (Å²) in [6, 6.07) is 0. The first-order chi connectivity index (χ1) is 8.22. The molecule has 1 saturated carbocycles. The first-order valence-corrected chi connectivity index (χ1v) is 7.54. The van der Waals surface area contributed by atoms with E-state index >= 15 is 0 Å².